The number of rotatable bonds is 1. The fourth-order valence-corrected chi connectivity index (χ4v) is 2.60. The molecule has 0 saturated heterocycles. The molecule has 0 atom stereocenters. The summed E-state index contributed by atoms with van der Waals surface area (Å²) in [5, 5.41) is 5.97. The second-order valence-corrected chi connectivity index (χ2v) is 5.06. The minimum atomic E-state index is 0. The van der Waals surface area contributed by atoms with Crippen LogP contribution in [0.3, 0.4) is 0 Å². The van der Waals surface area contributed by atoms with Gasteiger partial charge in [0.1, 0.15) is 0 Å². The van der Waals surface area contributed by atoms with Gasteiger partial charge >= 0.3 is 0 Å². The van der Waals surface area contributed by atoms with Gasteiger partial charge in [0.2, 0.25) is 0 Å². The summed E-state index contributed by atoms with van der Waals surface area (Å²) in [7, 11) is 0. The molecule has 0 aliphatic carbocycles. The lowest BCUT2D eigenvalue weighted by atomic mass is 10.0. The third-order valence-corrected chi connectivity index (χ3v) is 3.69. The average molecular weight is 307 g/mol. The number of para-hydroxylation sites is 2. The summed E-state index contributed by atoms with van der Waals surface area (Å²) in [5.74, 6) is 0. The molecule has 4 rings (SSSR count). The molecular formula is C19H15ClN2. The Bertz CT molecular complexity index is 881. The number of hydrogen-bond donors (Lipinski definition) is 1. The van der Waals surface area contributed by atoms with Gasteiger partial charge in [-0.2, -0.15) is 0 Å². The minimum absolute atomic E-state index is 0. The molecule has 3 aromatic carbocycles. The first-order chi connectivity index (χ1) is 10.4. The molecule has 0 bridgehead atoms. The molecule has 1 aliphatic heterocycles. The van der Waals surface area contributed by atoms with Crippen molar-refractivity contribution in [1.82, 2.24) is 0 Å². The SMILES string of the molecule is C1=Nc2ccccc2NC(c2ccc3ccccc3c2)=C1.Cl. The monoisotopic (exact) mass is 306 g/mol. The second kappa shape index (κ2) is 6.04. The Morgan fingerprint density at radius 1 is 0.773 bits per heavy atom. The number of hydrogen-bond acceptors (Lipinski definition) is 2. The Kier molecular flexibility index (Phi) is 3.94. The lowest BCUT2D eigenvalue weighted by molar-refractivity contribution is 1.51. The normalized spacial score (nSPS) is 12.6. The Labute approximate surface area is 135 Å². The number of nitrogens with one attached hydrogen (secondary N) is 1. The molecule has 0 amide bonds. The van der Waals surface area contributed by atoms with Crippen LogP contribution in [0, 0.1) is 0 Å². The molecule has 0 unspecified atom stereocenters. The van der Waals surface area contributed by atoms with Gasteiger partial charge in [-0.15, -0.1) is 12.4 Å². The Morgan fingerprint density at radius 2 is 1.55 bits per heavy atom. The summed E-state index contributed by atoms with van der Waals surface area (Å²) in [4.78, 5) is 4.46. The molecule has 22 heavy (non-hydrogen) atoms. The van der Waals surface area contributed by atoms with Gasteiger partial charge in [0.25, 0.3) is 0 Å². The Hall–Kier alpha value is -2.58. The first-order valence-corrected chi connectivity index (χ1v) is 7.00. The van der Waals surface area contributed by atoms with Crippen LogP contribution in [0.5, 0.6) is 0 Å². The van der Waals surface area contributed by atoms with Crippen molar-refractivity contribution in [3.8, 4) is 0 Å². The summed E-state index contributed by atoms with van der Waals surface area (Å²) < 4.78 is 0. The van der Waals surface area contributed by atoms with E-state index >= 15 is 0 Å². The lowest BCUT2D eigenvalue weighted by Gasteiger charge is -2.12. The number of aliphatic imine (C=N–C) groups is 1. The van der Waals surface area contributed by atoms with Gasteiger partial charge in [0, 0.05) is 11.9 Å². The Balaban J connectivity index is 0.00000144. The number of nitrogens with zero attached hydrogens (tertiary/aromatic N) is 1. The zero-order valence-corrected chi connectivity index (χ0v) is 12.7. The van der Waals surface area contributed by atoms with Crippen LogP contribution in [-0.4, -0.2) is 6.21 Å². The van der Waals surface area contributed by atoms with Crippen LogP contribution in [-0.2, 0) is 0 Å². The summed E-state index contributed by atoms with van der Waals surface area (Å²) in [6.07, 6.45) is 3.87. The molecule has 2 nitrogen and oxygen atoms in total. The summed E-state index contributed by atoms with van der Waals surface area (Å²) in [6, 6.07) is 23.0. The highest BCUT2D eigenvalue weighted by Gasteiger charge is 2.08. The maximum atomic E-state index is 4.46. The van der Waals surface area contributed by atoms with Gasteiger partial charge in [-0.3, -0.25) is 4.99 Å². The highest BCUT2D eigenvalue weighted by molar-refractivity contribution is 5.97. The van der Waals surface area contributed by atoms with E-state index in [0.717, 1.165) is 22.6 Å². The number of anilines is 1. The third kappa shape index (κ3) is 2.61. The standard InChI is InChI=1S/C19H14N2.ClH/c1-2-6-15-13-16(10-9-14(15)5-1)17-11-12-20-18-7-3-4-8-19(18)21-17;/h1-13,21H;1H. The van der Waals surface area contributed by atoms with E-state index < -0.39 is 0 Å². The summed E-state index contributed by atoms with van der Waals surface area (Å²) >= 11 is 0. The van der Waals surface area contributed by atoms with E-state index in [1.54, 1.807) is 0 Å². The van der Waals surface area contributed by atoms with Crippen LogP contribution in [0.25, 0.3) is 16.5 Å². The van der Waals surface area contributed by atoms with Crippen LogP contribution in [0.4, 0.5) is 11.4 Å². The summed E-state index contributed by atoms with van der Waals surface area (Å²) in [5.41, 5.74) is 4.22. The van der Waals surface area contributed by atoms with Crippen LogP contribution in [0.2, 0.25) is 0 Å². The third-order valence-electron chi connectivity index (χ3n) is 3.69. The topological polar surface area (TPSA) is 24.4 Å². The van der Waals surface area contributed by atoms with E-state index in [0.29, 0.717) is 0 Å². The average Bonchev–Trinajstić information content (AvgIpc) is 2.76. The second-order valence-electron chi connectivity index (χ2n) is 5.06. The highest BCUT2D eigenvalue weighted by Crippen LogP contribution is 2.30. The van der Waals surface area contributed by atoms with Crippen LogP contribution >= 0.6 is 12.4 Å². The highest BCUT2D eigenvalue weighted by atomic mass is 35.5. The van der Waals surface area contributed by atoms with Gasteiger partial charge in [0.05, 0.1) is 11.4 Å². The van der Waals surface area contributed by atoms with E-state index in [1.807, 2.05) is 36.6 Å². The van der Waals surface area contributed by atoms with E-state index in [2.05, 4.69) is 52.8 Å². The van der Waals surface area contributed by atoms with Gasteiger partial charge in [-0.25, -0.2) is 0 Å². The van der Waals surface area contributed by atoms with Crippen molar-refractivity contribution in [3.63, 3.8) is 0 Å². The molecular weight excluding hydrogens is 292 g/mol. The van der Waals surface area contributed by atoms with E-state index in [4.69, 9.17) is 0 Å². The fourth-order valence-electron chi connectivity index (χ4n) is 2.60. The fraction of sp³-hybridized carbons (Fsp3) is 0. The zero-order chi connectivity index (χ0) is 14.1. The van der Waals surface area contributed by atoms with Gasteiger partial charge in [-0.1, -0.05) is 48.5 Å². The number of benzene rings is 3. The van der Waals surface area contributed by atoms with Crippen molar-refractivity contribution in [2.75, 3.05) is 5.32 Å². The number of allylic oxidation sites excluding steroid dienone is 1. The molecule has 3 heteroatoms. The molecule has 1 N–H and O–H groups in total. The Morgan fingerprint density at radius 3 is 2.45 bits per heavy atom. The number of halogens is 1. The number of fused-ring (bicyclic) bond motifs is 2. The van der Waals surface area contributed by atoms with Crippen LogP contribution < -0.4 is 5.32 Å². The molecule has 0 fully saturated rings. The van der Waals surface area contributed by atoms with E-state index in [1.165, 1.54) is 10.8 Å². The van der Waals surface area contributed by atoms with Gasteiger partial charge in [-0.05, 0) is 40.6 Å². The van der Waals surface area contributed by atoms with Gasteiger partial charge < -0.3 is 5.32 Å². The molecule has 108 valence electrons. The molecule has 1 heterocycles. The van der Waals surface area contributed by atoms with Crippen molar-refractivity contribution in [3.05, 3.63) is 78.4 Å². The zero-order valence-electron chi connectivity index (χ0n) is 11.9. The maximum Gasteiger partial charge on any atom is 0.0864 e. The van der Waals surface area contributed by atoms with Crippen molar-refractivity contribution >= 4 is 46.5 Å². The van der Waals surface area contributed by atoms with Crippen molar-refractivity contribution in [2.24, 2.45) is 4.99 Å². The predicted molar refractivity (Wildman–Crippen MR) is 97.4 cm³/mol. The predicted octanol–water partition coefficient (Wildman–Crippen LogP) is 5.43. The molecule has 3 aromatic rings. The first kappa shape index (κ1) is 14.4. The largest absolute Gasteiger partial charge is 0.353 e. The van der Waals surface area contributed by atoms with Crippen molar-refractivity contribution in [1.29, 1.82) is 0 Å². The van der Waals surface area contributed by atoms with E-state index in [-0.39, 0.29) is 12.4 Å². The summed E-state index contributed by atoms with van der Waals surface area (Å²) in [6.45, 7) is 0. The van der Waals surface area contributed by atoms with Crippen molar-refractivity contribution < 1.29 is 0 Å². The molecule has 0 saturated carbocycles. The molecule has 0 radical (unpaired) electrons. The maximum absolute atomic E-state index is 4.46. The molecule has 1 aliphatic rings. The lowest BCUT2D eigenvalue weighted by Crippen LogP contribution is -1.98. The first-order valence-electron chi connectivity index (χ1n) is 7.00. The van der Waals surface area contributed by atoms with E-state index in [9.17, 15) is 0 Å². The quantitative estimate of drug-likeness (QED) is 0.637. The van der Waals surface area contributed by atoms with Crippen LogP contribution in [0.15, 0.2) is 77.8 Å². The molecule has 0 spiro atoms. The minimum Gasteiger partial charge on any atom is -0.353 e. The van der Waals surface area contributed by atoms with Crippen molar-refractivity contribution in [2.45, 2.75) is 0 Å². The van der Waals surface area contributed by atoms with Crippen LogP contribution in [0.1, 0.15) is 5.56 Å². The van der Waals surface area contributed by atoms with Gasteiger partial charge in [0.15, 0.2) is 0 Å². The smallest absolute Gasteiger partial charge is 0.0864 e. The molecule has 0 aromatic heterocycles.